The lowest BCUT2D eigenvalue weighted by Gasteiger charge is -2.23. The molecule has 19 heavy (non-hydrogen) atoms. The van der Waals surface area contributed by atoms with Gasteiger partial charge in [-0.2, -0.15) is 4.98 Å². The van der Waals surface area contributed by atoms with E-state index in [2.05, 4.69) is 10.1 Å². The minimum Gasteiger partial charge on any atom is -0.334 e. The minimum atomic E-state index is -0.333. The van der Waals surface area contributed by atoms with Crippen molar-refractivity contribution in [1.29, 1.82) is 0 Å². The van der Waals surface area contributed by atoms with Crippen LogP contribution in [0.25, 0.3) is 11.5 Å². The SMILES string of the molecule is Cc1ccc(-c2nc(C(N)C(C)(C)C)no2)cc1F. The van der Waals surface area contributed by atoms with Gasteiger partial charge in [0.15, 0.2) is 5.82 Å². The van der Waals surface area contributed by atoms with Crippen LogP contribution in [0.5, 0.6) is 0 Å². The Bertz CT molecular complexity index is 587. The monoisotopic (exact) mass is 263 g/mol. The van der Waals surface area contributed by atoms with Crippen LogP contribution in [0.2, 0.25) is 0 Å². The summed E-state index contributed by atoms with van der Waals surface area (Å²) < 4.78 is 18.7. The Labute approximate surface area is 111 Å². The van der Waals surface area contributed by atoms with E-state index < -0.39 is 0 Å². The molecule has 0 spiro atoms. The van der Waals surface area contributed by atoms with Crippen LogP contribution in [-0.4, -0.2) is 10.1 Å². The van der Waals surface area contributed by atoms with Crippen LogP contribution in [0.1, 0.15) is 38.2 Å². The van der Waals surface area contributed by atoms with Crippen LogP contribution in [0, 0.1) is 18.2 Å². The quantitative estimate of drug-likeness (QED) is 0.903. The lowest BCUT2D eigenvalue weighted by atomic mass is 9.87. The molecule has 102 valence electrons. The molecule has 0 radical (unpaired) electrons. The van der Waals surface area contributed by atoms with Crippen molar-refractivity contribution in [3.8, 4) is 11.5 Å². The molecule has 0 bridgehead atoms. The van der Waals surface area contributed by atoms with Gasteiger partial charge in [-0.3, -0.25) is 0 Å². The number of hydrogen-bond donors (Lipinski definition) is 1. The van der Waals surface area contributed by atoms with Gasteiger partial charge in [0, 0.05) is 5.56 Å². The van der Waals surface area contributed by atoms with Crippen LogP contribution in [0.3, 0.4) is 0 Å². The fourth-order valence-electron chi connectivity index (χ4n) is 1.59. The highest BCUT2D eigenvalue weighted by Crippen LogP contribution is 2.30. The van der Waals surface area contributed by atoms with Gasteiger partial charge < -0.3 is 10.3 Å². The Kier molecular flexibility index (Phi) is 3.41. The van der Waals surface area contributed by atoms with Crippen LogP contribution in [-0.2, 0) is 0 Å². The second-order valence-corrected chi connectivity index (χ2v) is 5.77. The van der Waals surface area contributed by atoms with Crippen molar-refractivity contribution in [1.82, 2.24) is 10.1 Å². The molecule has 2 rings (SSSR count). The largest absolute Gasteiger partial charge is 0.334 e. The summed E-state index contributed by atoms with van der Waals surface area (Å²) in [6.07, 6.45) is 0. The first-order valence-corrected chi connectivity index (χ1v) is 6.15. The summed E-state index contributed by atoms with van der Waals surface area (Å²) in [5, 5.41) is 3.88. The maximum Gasteiger partial charge on any atom is 0.258 e. The molecule has 0 aliphatic rings. The molecule has 0 aliphatic carbocycles. The van der Waals surface area contributed by atoms with Crippen molar-refractivity contribution in [2.45, 2.75) is 33.7 Å². The Morgan fingerprint density at radius 2 is 2.00 bits per heavy atom. The third-order valence-corrected chi connectivity index (χ3v) is 3.07. The fraction of sp³-hybridized carbons (Fsp3) is 0.429. The van der Waals surface area contributed by atoms with Crippen molar-refractivity contribution in [2.75, 3.05) is 0 Å². The molecule has 1 aromatic carbocycles. The normalized spacial score (nSPS) is 13.6. The molecule has 1 atom stereocenters. The van der Waals surface area contributed by atoms with E-state index in [0.29, 0.717) is 17.0 Å². The molecule has 0 fully saturated rings. The number of hydrogen-bond acceptors (Lipinski definition) is 4. The van der Waals surface area contributed by atoms with E-state index in [1.165, 1.54) is 6.07 Å². The van der Waals surface area contributed by atoms with Crippen molar-refractivity contribution < 1.29 is 8.91 Å². The molecule has 1 heterocycles. The number of aryl methyl sites for hydroxylation is 1. The molecule has 2 N–H and O–H groups in total. The summed E-state index contributed by atoms with van der Waals surface area (Å²) in [5.74, 6) is 0.425. The van der Waals surface area contributed by atoms with Gasteiger partial charge in [-0.25, -0.2) is 4.39 Å². The Morgan fingerprint density at radius 1 is 1.32 bits per heavy atom. The third-order valence-electron chi connectivity index (χ3n) is 3.07. The summed E-state index contributed by atoms with van der Waals surface area (Å²) in [7, 11) is 0. The summed E-state index contributed by atoms with van der Waals surface area (Å²) in [6, 6.07) is 4.48. The predicted octanol–water partition coefficient (Wildman–Crippen LogP) is 3.23. The molecule has 2 aromatic rings. The topological polar surface area (TPSA) is 64.9 Å². The molecule has 5 heteroatoms. The van der Waals surface area contributed by atoms with Gasteiger partial charge in [0.25, 0.3) is 5.89 Å². The van der Waals surface area contributed by atoms with Gasteiger partial charge in [-0.05, 0) is 30.0 Å². The summed E-state index contributed by atoms with van der Waals surface area (Å²) in [6.45, 7) is 7.70. The number of rotatable bonds is 2. The van der Waals surface area contributed by atoms with E-state index >= 15 is 0 Å². The van der Waals surface area contributed by atoms with E-state index in [9.17, 15) is 4.39 Å². The Balaban J connectivity index is 2.33. The maximum absolute atomic E-state index is 13.5. The van der Waals surface area contributed by atoms with Crippen LogP contribution < -0.4 is 5.73 Å². The van der Waals surface area contributed by atoms with Gasteiger partial charge >= 0.3 is 0 Å². The highest BCUT2D eigenvalue weighted by atomic mass is 19.1. The molecule has 4 nitrogen and oxygen atoms in total. The van der Waals surface area contributed by atoms with E-state index in [1.54, 1.807) is 19.1 Å². The number of nitrogens with zero attached hydrogens (tertiary/aromatic N) is 2. The van der Waals surface area contributed by atoms with Crippen molar-refractivity contribution >= 4 is 0 Å². The van der Waals surface area contributed by atoms with E-state index in [0.717, 1.165) is 0 Å². The zero-order valence-electron chi connectivity index (χ0n) is 11.6. The maximum atomic E-state index is 13.5. The predicted molar refractivity (Wildman–Crippen MR) is 70.8 cm³/mol. The zero-order chi connectivity index (χ0) is 14.2. The van der Waals surface area contributed by atoms with Crippen LogP contribution >= 0.6 is 0 Å². The average molecular weight is 263 g/mol. The lowest BCUT2D eigenvalue weighted by Crippen LogP contribution is -2.27. The van der Waals surface area contributed by atoms with Crippen molar-refractivity contribution in [3.63, 3.8) is 0 Å². The first-order valence-electron chi connectivity index (χ1n) is 6.15. The molecule has 0 amide bonds. The molecular formula is C14H18FN3O. The molecule has 1 unspecified atom stereocenters. The van der Waals surface area contributed by atoms with Gasteiger partial charge in [0.2, 0.25) is 0 Å². The van der Waals surface area contributed by atoms with Gasteiger partial charge in [-0.15, -0.1) is 0 Å². The first kappa shape index (κ1) is 13.7. The molecule has 0 saturated heterocycles. The fourth-order valence-corrected chi connectivity index (χ4v) is 1.59. The number of nitrogens with two attached hydrogens (primary N) is 1. The van der Waals surface area contributed by atoms with Crippen LogP contribution in [0.15, 0.2) is 22.7 Å². The molecule has 0 aliphatic heterocycles. The van der Waals surface area contributed by atoms with Gasteiger partial charge in [0.05, 0.1) is 6.04 Å². The van der Waals surface area contributed by atoms with Gasteiger partial charge in [-0.1, -0.05) is 32.0 Å². The zero-order valence-corrected chi connectivity index (χ0v) is 11.6. The Morgan fingerprint density at radius 3 is 2.58 bits per heavy atom. The smallest absolute Gasteiger partial charge is 0.258 e. The Hall–Kier alpha value is -1.75. The van der Waals surface area contributed by atoms with E-state index in [-0.39, 0.29) is 23.2 Å². The highest BCUT2D eigenvalue weighted by molar-refractivity contribution is 5.53. The number of halogens is 1. The van der Waals surface area contributed by atoms with Gasteiger partial charge in [0.1, 0.15) is 5.82 Å². The number of benzene rings is 1. The van der Waals surface area contributed by atoms with E-state index in [1.807, 2.05) is 20.8 Å². The highest BCUT2D eigenvalue weighted by Gasteiger charge is 2.27. The standard InChI is InChI=1S/C14H18FN3O/c1-8-5-6-9(7-10(8)15)13-17-12(18-19-13)11(16)14(2,3)4/h5-7,11H,16H2,1-4H3. The van der Waals surface area contributed by atoms with E-state index in [4.69, 9.17) is 10.3 Å². The summed E-state index contributed by atoms with van der Waals surface area (Å²) >= 11 is 0. The number of aromatic nitrogens is 2. The third kappa shape index (κ3) is 2.81. The van der Waals surface area contributed by atoms with Crippen LogP contribution in [0.4, 0.5) is 4.39 Å². The summed E-state index contributed by atoms with van der Waals surface area (Å²) in [4.78, 5) is 4.25. The van der Waals surface area contributed by atoms with Crippen molar-refractivity contribution in [2.24, 2.45) is 11.1 Å². The minimum absolute atomic E-state index is 0.167. The molecule has 0 saturated carbocycles. The average Bonchev–Trinajstić information content (AvgIpc) is 2.79. The first-order chi connectivity index (χ1) is 8.79. The van der Waals surface area contributed by atoms with Crippen molar-refractivity contribution in [3.05, 3.63) is 35.4 Å². The molecule has 1 aromatic heterocycles. The summed E-state index contributed by atoms with van der Waals surface area (Å²) in [5.41, 5.74) is 7.03. The second kappa shape index (κ2) is 4.74. The lowest BCUT2D eigenvalue weighted by molar-refractivity contribution is 0.303. The molecular weight excluding hydrogens is 245 g/mol. The second-order valence-electron chi connectivity index (χ2n) is 5.77.